The molecule has 0 saturated carbocycles. The third kappa shape index (κ3) is 4.66. The van der Waals surface area contributed by atoms with Crippen molar-refractivity contribution in [2.24, 2.45) is 0 Å². The highest BCUT2D eigenvalue weighted by Gasteiger charge is 2.46. The van der Waals surface area contributed by atoms with Crippen molar-refractivity contribution in [3.8, 4) is 5.75 Å². The number of aliphatic hydroxyl groups is 1. The van der Waals surface area contributed by atoms with Crippen LogP contribution in [0.1, 0.15) is 49.4 Å². The predicted molar refractivity (Wildman–Crippen MR) is 124 cm³/mol. The van der Waals surface area contributed by atoms with Gasteiger partial charge in [0.15, 0.2) is 0 Å². The van der Waals surface area contributed by atoms with Gasteiger partial charge < -0.3 is 19.5 Å². The molecule has 2 aromatic carbocycles. The Bertz CT molecular complexity index is 1030. The molecule has 7 heteroatoms. The Hall–Kier alpha value is -2.83. The molecule has 1 fully saturated rings. The van der Waals surface area contributed by atoms with Crippen LogP contribution in [0.4, 0.5) is 0 Å². The van der Waals surface area contributed by atoms with Gasteiger partial charge in [0.05, 0.1) is 29.9 Å². The summed E-state index contributed by atoms with van der Waals surface area (Å²) in [6, 6.07) is 11.8. The Labute approximate surface area is 193 Å². The van der Waals surface area contributed by atoms with Crippen molar-refractivity contribution in [3.05, 3.63) is 69.8 Å². The average Bonchev–Trinajstić information content (AvgIpc) is 3.03. The van der Waals surface area contributed by atoms with E-state index in [2.05, 4.69) is 13.8 Å². The topological polar surface area (TPSA) is 76.1 Å². The molecule has 1 unspecified atom stereocenters. The van der Waals surface area contributed by atoms with Gasteiger partial charge in [0, 0.05) is 19.2 Å². The third-order valence-electron chi connectivity index (χ3n) is 5.50. The van der Waals surface area contributed by atoms with E-state index in [-0.39, 0.29) is 35.1 Å². The van der Waals surface area contributed by atoms with Crippen molar-refractivity contribution in [2.45, 2.75) is 32.7 Å². The number of benzene rings is 2. The Kier molecular flexibility index (Phi) is 7.59. The maximum atomic E-state index is 13.1. The van der Waals surface area contributed by atoms with E-state index >= 15 is 0 Å². The lowest BCUT2D eigenvalue weighted by Gasteiger charge is -2.25. The van der Waals surface area contributed by atoms with Gasteiger partial charge in [0.25, 0.3) is 11.7 Å². The summed E-state index contributed by atoms with van der Waals surface area (Å²) in [6.45, 7) is 6.93. The zero-order valence-electron chi connectivity index (χ0n) is 18.7. The lowest BCUT2D eigenvalue weighted by atomic mass is 9.93. The molecule has 1 aliphatic rings. The number of halogens is 1. The summed E-state index contributed by atoms with van der Waals surface area (Å²) in [5, 5.41) is 11.5. The number of hydrogen-bond donors (Lipinski definition) is 1. The zero-order valence-corrected chi connectivity index (χ0v) is 19.5. The number of hydrogen-bond acceptors (Lipinski definition) is 5. The van der Waals surface area contributed by atoms with Gasteiger partial charge in [-0.1, -0.05) is 49.7 Å². The molecule has 1 amide bonds. The molecule has 0 aromatic heterocycles. The molecule has 6 nitrogen and oxygen atoms in total. The summed E-state index contributed by atoms with van der Waals surface area (Å²) < 4.78 is 10.7. The highest BCUT2D eigenvalue weighted by Crippen LogP contribution is 2.41. The van der Waals surface area contributed by atoms with Gasteiger partial charge in [-0.15, -0.1) is 0 Å². The predicted octanol–water partition coefficient (Wildman–Crippen LogP) is 4.93. The summed E-state index contributed by atoms with van der Waals surface area (Å²) in [5.74, 6) is -0.922. The van der Waals surface area contributed by atoms with Crippen LogP contribution in [0.3, 0.4) is 0 Å². The number of Topliss-reactive ketones (excluding diaryl/α,β-unsaturated/α-hetero) is 1. The molecule has 2 aromatic rings. The number of rotatable bonds is 8. The first kappa shape index (κ1) is 23.8. The van der Waals surface area contributed by atoms with Crippen molar-refractivity contribution in [1.29, 1.82) is 0 Å². The smallest absolute Gasteiger partial charge is 0.295 e. The standard InChI is InChI=1S/C25H28ClNO5/c1-5-32-18-10-11-20(26)19(14-18)23(28)21-22(17-8-6-16(7-9-17)15(2)3)27(12-13-31-4)25(30)24(21)29/h6-11,14-15,22,28H,5,12-13H2,1-4H3/b23-21+. The number of nitrogens with zero attached hydrogens (tertiary/aromatic N) is 1. The maximum absolute atomic E-state index is 13.1. The summed E-state index contributed by atoms with van der Waals surface area (Å²) in [6.07, 6.45) is 0. The van der Waals surface area contributed by atoms with Gasteiger partial charge in [0.2, 0.25) is 0 Å². The van der Waals surface area contributed by atoms with Gasteiger partial charge in [-0.05, 0) is 42.2 Å². The minimum Gasteiger partial charge on any atom is -0.507 e. The molecule has 0 bridgehead atoms. The number of carbonyl (C=O) groups is 2. The van der Waals surface area contributed by atoms with E-state index in [1.807, 2.05) is 31.2 Å². The second-order valence-electron chi connectivity index (χ2n) is 7.88. The van der Waals surface area contributed by atoms with Crippen LogP contribution in [0.15, 0.2) is 48.0 Å². The Morgan fingerprint density at radius 1 is 1.16 bits per heavy atom. The minimum absolute atomic E-state index is 0.000974. The van der Waals surface area contributed by atoms with E-state index in [4.69, 9.17) is 21.1 Å². The number of aliphatic hydroxyl groups excluding tert-OH is 1. The van der Waals surface area contributed by atoms with Gasteiger partial charge in [-0.2, -0.15) is 0 Å². The number of methoxy groups -OCH3 is 1. The van der Waals surface area contributed by atoms with Crippen LogP contribution in [0.25, 0.3) is 5.76 Å². The average molecular weight is 458 g/mol. The second kappa shape index (κ2) is 10.2. The van der Waals surface area contributed by atoms with Crippen LogP contribution in [0, 0.1) is 0 Å². The summed E-state index contributed by atoms with van der Waals surface area (Å²) >= 11 is 6.34. The zero-order chi connectivity index (χ0) is 23.4. The van der Waals surface area contributed by atoms with Gasteiger partial charge in [-0.25, -0.2) is 0 Å². The fraction of sp³-hybridized carbons (Fsp3) is 0.360. The number of carbonyl (C=O) groups excluding carboxylic acids is 2. The van der Waals surface area contributed by atoms with Crippen LogP contribution in [0.2, 0.25) is 5.02 Å². The minimum atomic E-state index is -0.755. The lowest BCUT2D eigenvalue weighted by Crippen LogP contribution is -2.32. The normalized spacial score (nSPS) is 17.9. The quantitative estimate of drug-likeness (QED) is 0.345. The number of likely N-dealkylation sites (tertiary alicyclic amines) is 1. The molecule has 170 valence electrons. The maximum Gasteiger partial charge on any atom is 0.295 e. The van der Waals surface area contributed by atoms with E-state index in [0.29, 0.717) is 18.3 Å². The molecular formula is C25H28ClNO5. The summed E-state index contributed by atoms with van der Waals surface area (Å²) in [5.41, 5.74) is 2.10. The second-order valence-corrected chi connectivity index (χ2v) is 8.29. The molecule has 1 heterocycles. The Balaban J connectivity index is 2.17. The van der Waals surface area contributed by atoms with E-state index in [1.165, 1.54) is 12.0 Å². The molecule has 0 aliphatic carbocycles. The van der Waals surface area contributed by atoms with Crippen molar-refractivity contribution < 1.29 is 24.2 Å². The van der Waals surface area contributed by atoms with Gasteiger partial charge in [-0.3, -0.25) is 9.59 Å². The van der Waals surface area contributed by atoms with E-state index in [1.54, 1.807) is 18.2 Å². The highest BCUT2D eigenvalue weighted by molar-refractivity contribution is 6.47. The van der Waals surface area contributed by atoms with Crippen LogP contribution in [0.5, 0.6) is 5.75 Å². The van der Waals surface area contributed by atoms with Crippen molar-refractivity contribution in [3.63, 3.8) is 0 Å². The molecular weight excluding hydrogens is 430 g/mol. The van der Waals surface area contributed by atoms with Crippen molar-refractivity contribution in [1.82, 2.24) is 4.90 Å². The van der Waals surface area contributed by atoms with Crippen LogP contribution in [-0.4, -0.2) is 48.6 Å². The summed E-state index contributed by atoms with van der Waals surface area (Å²) in [7, 11) is 1.53. The monoisotopic (exact) mass is 457 g/mol. The Morgan fingerprint density at radius 2 is 1.84 bits per heavy atom. The molecule has 1 N–H and O–H groups in total. The van der Waals surface area contributed by atoms with Crippen LogP contribution < -0.4 is 4.74 Å². The molecule has 0 spiro atoms. The lowest BCUT2D eigenvalue weighted by molar-refractivity contribution is -0.140. The molecule has 0 radical (unpaired) electrons. The van der Waals surface area contributed by atoms with E-state index < -0.39 is 17.7 Å². The van der Waals surface area contributed by atoms with E-state index in [9.17, 15) is 14.7 Å². The molecule has 1 atom stereocenters. The number of amides is 1. The molecule has 3 rings (SSSR count). The number of ketones is 1. The fourth-order valence-electron chi connectivity index (χ4n) is 3.80. The molecule has 1 aliphatic heterocycles. The van der Waals surface area contributed by atoms with Crippen molar-refractivity contribution in [2.75, 3.05) is 26.9 Å². The third-order valence-corrected chi connectivity index (χ3v) is 5.83. The molecule has 1 saturated heterocycles. The number of ether oxygens (including phenoxy) is 2. The highest BCUT2D eigenvalue weighted by atomic mass is 35.5. The first-order chi connectivity index (χ1) is 15.3. The van der Waals surface area contributed by atoms with Gasteiger partial charge >= 0.3 is 0 Å². The van der Waals surface area contributed by atoms with Crippen LogP contribution >= 0.6 is 11.6 Å². The first-order valence-corrected chi connectivity index (χ1v) is 11.0. The largest absolute Gasteiger partial charge is 0.507 e. The van der Waals surface area contributed by atoms with Crippen LogP contribution in [-0.2, 0) is 14.3 Å². The van der Waals surface area contributed by atoms with E-state index in [0.717, 1.165) is 11.1 Å². The van der Waals surface area contributed by atoms with Gasteiger partial charge in [0.1, 0.15) is 11.5 Å². The summed E-state index contributed by atoms with van der Waals surface area (Å²) in [4.78, 5) is 27.4. The first-order valence-electron chi connectivity index (χ1n) is 10.6. The molecule has 32 heavy (non-hydrogen) atoms. The SMILES string of the molecule is CCOc1ccc(Cl)c(/C(O)=C2\C(=O)C(=O)N(CCOC)C2c2ccc(C(C)C)cc2)c1. The Morgan fingerprint density at radius 3 is 2.44 bits per heavy atom. The van der Waals surface area contributed by atoms with Crippen molar-refractivity contribution >= 4 is 29.1 Å². The fourth-order valence-corrected chi connectivity index (χ4v) is 4.00.